The average Bonchev–Trinajstić information content (AvgIpc) is 3.05. The van der Waals surface area contributed by atoms with E-state index in [1.165, 1.54) is 24.3 Å². The second-order valence-corrected chi connectivity index (χ2v) is 7.71. The number of likely N-dealkylation sites (tertiary alicyclic amines) is 1. The summed E-state index contributed by atoms with van der Waals surface area (Å²) < 4.78 is 28.3. The maximum Gasteiger partial charge on any atom is 0.282 e. The molecule has 32 heavy (non-hydrogen) atoms. The molecule has 0 aliphatic carbocycles. The highest BCUT2D eigenvalue weighted by Gasteiger charge is 2.44. The van der Waals surface area contributed by atoms with Crippen molar-refractivity contribution in [2.75, 3.05) is 24.6 Å². The standard InChI is InChI=1S/C22H19F2N3O5/c23-15-5-8-17(24)18(10-15)26-21(29)19(14-3-6-16(7-4-14)27(31)32)20(22(26)30)25-9-1-2-13(11-25)12-28/h3-8,10,13,28H,1-2,9,11-12H2. The van der Waals surface area contributed by atoms with E-state index in [1.54, 1.807) is 4.90 Å². The zero-order valence-electron chi connectivity index (χ0n) is 16.8. The molecule has 2 aromatic rings. The molecule has 1 fully saturated rings. The second kappa shape index (κ2) is 8.46. The van der Waals surface area contributed by atoms with Crippen LogP contribution in [0.15, 0.2) is 48.2 Å². The van der Waals surface area contributed by atoms with Crippen LogP contribution in [0.2, 0.25) is 0 Å². The minimum atomic E-state index is -0.940. The van der Waals surface area contributed by atoms with E-state index in [4.69, 9.17) is 0 Å². The SMILES string of the molecule is O=C1C(c2ccc([N+](=O)[O-])cc2)=C(N2CCCC(CO)C2)C(=O)N1c1cc(F)ccc1F. The molecule has 2 aromatic carbocycles. The van der Waals surface area contributed by atoms with Gasteiger partial charge in [0.05, 0.1) is 16.2 Å². The normalized spacial score (nSPS) is 19.2. The molecule has 10 heteroatoms. The predicted octanol–water partition coefficient (Wildman–Crippen LogP) is 2.86. The summed E-state index contributed by atoms with van der Waals surface area (Å²) in [7, 11) is 0. The number of rotatable bonds is 5. The van der Waals surface area contributed by atoms with E-state index in [-0.39, 0.29) is 35.0 Å². The van der Waals surface area contributed by atoms with Crippen LogP contribution >= 0.6 is 0 Å². The number of nitro benzene ring substituents is 1. The van der Waals surface area contributed by atoms with E-state index in [9.17, 15) is 33.6 Å². The molecule has 1 unspecified atom stereocenters. The molecule has 2 heterocycles. The lowest BCUT2D eigenvalue weighted by molar-refractivity contribution is -0.384. The van der Waals surface area contributed by atoms with Crippen LogP contribution in [-0.4, -0.2) is 46.4 Å². The molecule has 0 spiro atoms. The van der Waals surface area contributed by atoms with Gasteiger partial charge in [0.25, 0.3) is 17.5 Å². The van der Waals surface area contributed by atoms with Crippen LogP contribution < -0.4 is 4.90 Å². The summed E-state index contributed by atoms with van der Waals surface area (Å²) in [6.45, 7) is 0.642. The zero-order valence-corrected chi connectivity index (χ0v) is 16.8. The Kier molecular flexibility index (Phi) is 5.70. The fraction of sp³-hybridized carbons (Fsp3) is 0.273. The second-order valence-electron chi connectivity index (χ2n) is 7.71. The number of hydrogen-bond donors (Lipinski definition) is 1. The van der Waals surface area contributed by atoms with Crippen molar-refractivity contribution in [3.63, 3.8) is 0 Å². The zero-order chi connectivity index (χ0) is 23.0. The summed E-state index contributed by atoms with van der Waals surface area (Å²) in [6, 6.07) is 7.58. The van der Waals surface area contributed by atoms with Crippen molar-refractivity contribution in [2.45, 2.75) is 12.8 Å². The number of aliphatic hydroxyl groups excluding tert-OH is 1. The third kappa shape index (κ3) is 3.73. The first kappa shape index (κ1) is 21.6. The van der Waals surface area contributed by atoms with Gasteiger partial charge in [-0.15, -0.1) is 0 Å². The molecule has 166 valence electrons. The number of hydrogen-bond acceptors (Lipinski definition) is 6. The van der Waals surface area contributed by atoms with Gasteiger partial charge in [0.15, 0.2) is 0 Å². The molecule has 0 saturated carbocycles. The lowest BCUT2D eigenvalue weighted by atomic mass is 9.97. The predicted molar refractivity (Wildman–Crippen MR) is 110 cm³/mol. The Morgan fingerprint density at radius 1 is 1.09 bits per heavy atom. The number of carbonyl (C=O) groups excluding carboxylic acids is 2. The van der Waals surface area contributed by atoms with Gasteiger partial charge in [0.2, 0.25) is 0 Å². The van der Waals surface area contributed by atoms with Gasteiger partial charge in [0, 0.05) is 37.9 Å². The summed E-state index contributed by atoms with van der Waals surface area (Å²) in [5.74, 6) is -3.53. The maximum atomic E-state index is 14.5. The van der Waals surface area contributed by atoms with Crippen molar-refractivity contribution in [2.24, 2.45) is 5.92 Å². The van der Waals surface area contributed by atoms with Gasteiger partial charge in [-0.2, -0.15) is 0 Å². The molecule has 1 atom stereocenters. The number of nitro groups is 1. The molecule has 0 bridgehead atoms. The Bertz CT molecular complexity index is 1130. The van der Waals surface area contributed by atoms with E-state index < -0.39 is 34.1 Å². The third-order valence-electron chi connectivity index (χ3n) is 5.67. The van der Waals surface area contributed by atoms with Crippen molar-refractivity contribution in [1.82, 2.24) is 4.90 Å². The van der Waals surface area contributed by atoms with Crippen LogP contribution in [0, 0.1) is 27.7 Å². The van der Waals surface area contributed by atoms with Crippen molar-refractivity contribution in [1.29, 1.82) is 0 Å². The first-order valence-corrected chi connectivity index (χ1v) is 10.0. The molecule has 8 nitrogen and oxygen atoms in total. The summed E-state index contributed by atoms with van der Waals surface area (Å²) >= 11 is 0. The van der Waals surface area contributed by atoms with Gasteiger partial charge >= 0.3 is 0 Å². The first-order valence-electron chi connectivity index (χ1n) is 10.0. The molecule has 0 radical (unpaired) electrons. The number of imide groups is 1. The van der Waals surface area contributed by atoms with Crippen molar-refractivity contribution in [3.8, 4) is 0 Å². The minimum Gasteiger partial charge on any atom is -0.396 e. The maximum absolute atomic E-state index is 14.5. The molecule has 2 amide bonds. The highest BCUT2D eigenvalue weighted by Crippen LogP contribution is 2.37. The van der Waals surface area contributed by atoms with E-state index >= 15 is 0 Å². The largest absolute Gasteiger partial charge is 0.396 e. The molecule has 1 saturated heterocycles. The number of non-ortho nitro benzene ring substituents is 1. The van der Waals surface area contributed by atoms with Crippen LogP contribution in [0.25, 0.3) is 5.57 Å². The number of amides is 2. The monoisotopic (exact) mass is 443 g/mol. The summed E-state index contributed by atoms with van der Waals surface area (Å²) in [5, 5.41) is 20.6. The number of nitrogens with zero attached hydrogens (tertiary/aromatic N) is 3. The Hall–Kier alpha value is -3.66. The molecule has 2 aliphatic heterocycles. The van der Waals surface area contributed by atoms with Crippen LogP contribution in [0.1, 0.15) is 18.4 Å². The van der Waals surface area contributed by atoms with Gasteiger partial charge in [-0.05, 0) is 48.6 Å². The average molecular weight is 443 g/mol. The van der Waals surface area contributed by atoms with Gasteiger partial charge in [0.1, 0.15) is 17.3 Å². The first-order chi connectivity index (χ1) is 15.3. The van der Waals surface area contributed by atoms with Gasteiger partial charge in [-0.3, -0.25) is 19.7 Å². The summed E-state index contributed by atoms with van der Waals surface area (Å²) in [5.41, 5.74) is -0.503. The van der Waals surface area contributed by atoms with Gasteiger partial charge in [-0.1, -0.05) is 0 Å². The highest BCUT2D eigenvalue weighted by atomic mass is 19.1. The van der Waals surface area contributed by atoms with Crippen LogP contribution in [-0.2, 0) is 9.59 Å². The molecule has 1 N–H and O–H groups in total. The van der Waals surface area contributed by atoms with Gasteiger partial charge < -0.3 is 10.0 Å². The van der Waals surface area contributed by atoms with E-state index in [0.717, 1.165) is 24.6 Å². The fourth-order valence-electron chi connectivity index (χ4n) is 4.11. The Morgan fingerprint density at radius 2 is 1.81 bits per heavy atom. The third-order valence-corrected chi connectivity index (χ3v) is 5.67. The Balaban J connectivity index is 1.84. The van der Waals surface area contributed by atoms with Crippen molar-refractivity contribution >= 4 is 28.8 Å². The molecular formula is C22H19F2N3O5. The topological polar surface area (TPSA) is 104 Å². The summed E-state index contributed by atoms with van der Waals surface area (Å²) in [4.78, 5) is 39.4. The van der Waals surface area contributed by atoms with Crippen molar-refractivity contribution in [3.05, 3.63) is 75.5 Å². The fourth-order valence-corrected chi connectivity index (χ4v) is 4.11. The molecule has 2 aliphatic rings. The van der Waals surface area contributed by atoms with Crippen LogP contribution in [0.3, 0.4) is 0 Å². The number of piperidine rings is 1. The number of benzene rings is 2. The number of carbonyl (C=O) groups is 2. The van der Waals surface area contributed by atoms with Crippen LogP contribution in [0.5, 0.6) is 0 Å². The number of halogens is 2. The summed E-state index contributed by atoms with van der Waals surface area (Å²) in [6.07, 6.45) is 1.41. The number of aliphatic hydroxyl groups is 1. The van der Waals surface area contributed by atoms with Crippen molar-refractivity contribution < 1.29 is 28.4 Å². The minimum absolute atomic E-state index is 0.00524. The highest BCUT2D eigenvalue weighted by molar-refractivity contribution is 6.45. The Labute approximate surface area is 181 Å². The Morgan fingerprint density at radius 3 is 2.47 bits per heavy atom. The molecule has 0 aromatic heterocycles. The lowest BCUT2D eigenvalue weighted by Crippen LogP contribution is -2.40. The lowest BCUT2D eigenvalue weighted by Gasteiger charge is -2.34. The van der Waals surface area contributed by atoms with E-state index in [2.05, 4.69) is 0 Å². The quantitative estimate of drug-likeness (QED) is 0.433. The van der Waals surface area contributed by atoms with Gasteiger partial charge in [-0.25, -0.2) is 13.7 Å². The smallest absolute Gasteiger partial charge is 0.282 e. The van der Waals surface area contributed by atoms with E-state index in [1.807, 2.05) is 0 Å². The molecule has 4 rings (SSSR count). The number of anilines is 1. The van der Waals surface area contributed by atoms with Crippen LogP contribution in [0.4, 0.5) is 20.2 Å². The van der Waals surface area contributed by atoms with E-state index in [0.29, 0.717) is 24.4 Å². The molecular weight excluding hydrogens is 424 g/mol.